The Hall–Kier alpha value is -0.0800. The number of ether oxygens (including phenoxy) is 1. The highest BCUT2D eigenvalue weighted by Crippen LogP contribution is 2.36. The SMILES string of the molecule is C1=NCC2(C1)CCOCC2.Cl. The summed E-state index contributed by atoms with van der Waals surface area (Å²) in [7, 11) is 0. The minimum atomic E-state index is 0. The van der Waals surface area contributed by atoms with Gasteiger partial charge in [-0.1, -0.05) is 0 Å². The van der Waals surface area contributed by atoms with Gasteiger partial charge in [0.05, 0.1) is 0 Å². The van der Waals surface area contributed by atoms with E-state index in [1.165, 1.54) is 19.3 Å². The van der Waals surface area contributed by atoms with E-state index in [0.29, 0.717) is 5.41 Å². The third-order valence-corrected chi connectivity index (χ3v) is 2.63. The Morgan fingerprint density at radius 1 is 1.27 bits per heavy atom. The molecule has 0 aliphatic carbocycles. The molecule has 0 aromatic heterocycles. The molecule has 2 heterocycles. The zero-order chi connectivity index (χ0) is 6.86. The first-order valence-electron chi connectivity index (χ1n) is 3.97. The van der Waals surface area contributed by atoms with E-state index in [4.69, 9.17) is 4.74 Å². The molecule has 2 rings (SSSR count). The number of hydrogen-bond donors (Lipinski definition) is 0. The molecule has 1 spiro atoms. The van der Waals surface area contributed by atoms with Gasteiger partial charge in [-0.2, -0.15) is 0 Å². The van der Waals surface area contributed by atoms with E-state index in [1.54, 1.807) is 0 Å². The van der Waals surface area contributed by atoms with Crippen LogP contribution in [-0.2, 0) is 4.74 Å². The summed E-state index contributed by atoms with van der Waals surface area (Å²) in [6, 6.07) is 0. The van der Waals surface area contributed by atoms with Crippen LogP contribution in [0.5, 0.6) is 0 Å². The second-order valence-electron chi connectivity index (χ2n) is 3.34. The fourth-order valence-corrected chi connectivity index (χ4v) is 1.75. The summed E-state index contributed by atoms with van der Waals surface area (Å²) in [6.45, 7) is 2.95. The van der Waals surface area contributed by atoms with Crippen molar-refractivity contribution in [3.8, 4) is 0 Å². The molecule has 0 saturated carbocycles. The van der Waals surface area contributed by atoms with Crippen LogP contribution in [0.3, 0.4) is 0 Å². The lowest BCUT2D eigenvalue weighted by atomic mass is 9.79. The van der Waals surface area contributed by atoms with Crippen LogP contribution in [0.15, 0.2) is 4.99 Å². The number of rotatable bonds is 0. The molecule has 0 unspecified atom stereocenters. The molecule has 0 atom stereocenters. The van der Waals surface area contributed by atoms with Crippen LogP contribution in [0, 0.1) is 5.41 Å². The zero-order valence-corrected chi connectivity index (χ0v) is 7.40. The van der Waals surface area contributed by atoms with Gasteiger partial charge in [0.25, 0.3) is 0 Å². The second-order valence-corrected chi connectivity index (χ2v) is 3.34. The molecule has 0 radical (unpaired) electrons. The van der Waals surface area contributed by atoms with E-state index in [-0.39, 0.29) is 12.4 Å². The number of aliphatic imine (C=N–C) groups is 1. The largest absolute Gasteiger partial charge is 0.381 e. The third-order valence-electron chi connectivity index (χ3n) is 2.63. The lowest BCUT2D eigenvalue weighted by Crippen LogP contribution is -2.29. The monoisotopic (exact) mass is 175 g/mol. The van der Waals surface area contributed by atoms with E-state index in [9.17, 15) is 0 Å². The number of hydrogen-bond acceptors (Lipinski definition) is 2. The van der Waals surface area contributed by atoms with Crippen molar-refractivity contribution < 1.29 is 4.74 Å². The fraction of sp³-hybridized carbons (Fsp3) is 0.875. The predicted molar refractivity (Wildman–Crippen MR) is 47.7 cm³/mol. The van der Waals surface area contributed by atoms with Gasteiger partial charge in [0, 0.05) is 19.8 Å². The topological polar surface area (TPSA) is 21.6 Å². The molecule has 2 nitrogen and oxygen atoms in total. The van der Waals surface area contributed by atoms with Gasteiger partial charge in [-0.05, 0) is 30.9 Å². The highest BCUT2D eigenvalue weighted by Gasteiger charge is 2.33. The van der Waals surface area contributed by atoms with E-state index >= 15 is 0 Å². The highest BCUT2D eigenvalue weighted by molar-refractivity contribution is 5.85. The molecule has 0 N–H and O–H groups in total. The van der Waals surface area contributed by atoms with E-state index in [0.717, 1.165) is 19.8 Å². The normalized spacial score (nSPS) is 26.9. The van der Waals surface area contributed by atoms with E-state index < -0.39 is 0 Å². The minimum Gasteiger partial charge on any atom is -0.381 e. The van der Waals surface area contributed by atoms with Gasteiger partial charge in [-0.25, -0.2) is 0 Å². The Morgan fingerprint density at radius 3 is 2.55 bits per heavy atom. The zero-order valence-electron chi connectivity index (χ0n) is 6.58. The number of nitrogens with zero attached hydrogens (tertiary/aromatic N) is 1. The molecular formula is C8H14ClNO. The van der Waals surface area contributed by atoms with Crippen LogP contribution in [0.4, 0.5) is 0 Å². The van der Waals surface area contributed by atoms with Gasteiger partial charge in [-0.3, -0.25) is 4.99 Å². The summed E-state index contributed by atoms with van der Waals surface area (Å²) in [5.74, 6) is 0. The second kappa shape index (κ2) is 3.55. The van der Waals surface area contributed by atoms with Crippen LogP contribution >= 0.6 is 12.4 Å². The van der Waals surface area contributed by atoms with Crippen LogP contribution in [0.1, 0.15) is 19.3 Å². The standard InChI is InChI=1S/C8H13NO.ClH/c1-4-9-7-8(1)2-5-10-6-3-8;/h4H,1-3,5-7H2;1H. The minimum absolute atomic E-state index is 0. The van der Waals surface area contributed by atoms with Crippen molar-refractivity contribution in [2.45, 2.75) is 19.3 Å². The van der Waals surface area contributed by atoms with Crippen LogP contribution in [0.25, 0.3) is 0 Å². The first kappa shape index (κ1) is 9.01. The average Bonchev–Trinajstić information content (AvgIpc) is 2.39. The summed E-state index contributed by atoms with van der Waals surface area (Å²) in [4.78, 5) is 4.28. The molecule has 1 saturated heterocycles. The van der Waals surface area contributed by atoms with Gasteiger partial charge in [0.2, 0.25) is 0 Å². The van der Waals surface area contributed by atoms with Gasteiger partial charge in [0.15, 0.2) is 0 Å². The molecule has 1 fully saturated rings. The molecule has 0 aromatic carbocycles. The van der Waals surface area contributed by atoms with Crippen molar-refractivity contribution in [1.82, 2.24) is 0 Å². The maximum Gasteiger partial charge on any atom is 0.0472 e. The van der Waals surface area contributed by atoms with Crippen molar-refractivity contribution >= 4 is 18.6 Å². The molecule has 0 aromatic rings. The molecule has 3 heteroatoms. The summed E-state index contributed by atoms with van der Waals surface area (Å²) in [5.41, 5.74) is 0.526. The van der Waals surface area contributed by atoms with Gasteiger partial charge in [-0.15, -0.1) is 12.4 Å². The third kappa shape index (κ3) is 1.74. The molecule has 2 aliphatic heterocycles. The van der Waals surface area contributed by atoms with Crippen LogP contribution in [-0.4, -0.2) is 26.0 Å². The van der Waals surface area contributed by atoms with Crippen LogP contribution < -0.4 is 0 Å². The summed E-state index contributed by atoms with van der Waals surface area (Å²) in [5, 5.41) is 0. The average molecular weight is 176 g/mol. The Kier molecular flexibility index (Phi) is 2.90. The predicted octanol–water partition coefficient (Wildman–Crippen LogP) is 1.68. The van der Waals surface area contributed by atoms with Crippen molar-refractivity contribution in [2.24, 2.45) is 10.4 Å². The number of halogens is 1. The Balaban J connectivity index is 0.000000605. The first-order chi connectivity index (χ1) is 4.91. The summed E-state index contributed by atoms with van der Waals surface area (Å²) in [6.07, 6.45) is 5.70. The molecule has 2 aliphatic rings. The molecular weight excluding hydrogens is 162 g/mol. The van der Waals surface area contributed by atoms with E-state index in [1.807, 2.05) is 0 Å². The molecule has 11 heavy (non-hydrogen) atoms. The fourth-order valence-electron chi connectivity index (χ4n) is 1.75. The smallest absolute Gasteiger partial charge is 0.0472 e. The van der Waals surface area contributed by atoms with Crippen molar-refractivity contribution in [2.75, 3.05) is 19.8 Å². The lowest BCUT2D eigenvalue weighted by molar-refractivity contribution is 0.0265. The molecule has 0 bridgehead atoms. The maximum atomic E-state index is 5.30. The van der Waals surface area contributed by atoms with Crippen molar-refractivity contribution in [3.05, 3.63) is 0 Å². The quantitative estimate of drug-likeness (QED) is 0.549. The van der Waals surface area contributed by atoms with Crippen molar-refractivity contribution in [3.63, 3.8) is 0 Å². The summed E-state index contributed by atoms with van der Waals surface area (Å²) < 4.78 is 5.30. The van der Waals surface area contributed by atoms with Crippen LogP contribution in [0.2, 0.25) is 0 Å². The summed E-state index contributed by atoms with van der Waals surface area (Å²) >= 11 is 0. The maximum absolute atomic E-state index is 5.30. The highest BCUT2D eigenvalue weighted by atomic mass is 35.5. The van der Waals surface area contributed by atoms with Gasteiger partial charge in [0.1, 0.15) is 0 Å². The Morgan fingerprint density at radius 2 is 2.00 bits per heavy atom. The van der Waals surface area contributed by atoms with E-state index in [2.05, 4.69) is 11.2 Å². The molecule has 0 amide bonds. The van der Waals surface area contributed by atoms with Gasteiger partial charge < -0.3 is 4.74 Å². The van der Waals surface area contributed by atoms with Crippen molar-refractivity contribution in [1.29, 1.82) is 0 Å². The first-order valence-corrected chi connectivity index (χ1v) is 3.97. The Bertz CT molecular complexity index is 142. The Labute approximate surface area is 73.4 Å². The van der Waals surface area contributed by atoms with Gasteiger partial charge >= 0.3 is 0 Å². The molecule has 64 valence electrons. The lowest BCUT2D eigenvalue weighted by Gasteiger charge is -2.31.